The van der Waals surface area contributed by atoms with Gasteiger partial charge in [-0.1, -0.05) is 18.2 Å². The molecule has 2 aliphatic heterocycles. The summed E-state index contributed by atoms with van der Waals surface area (Å²) in [7, 11) is 0. The number of likely N-dealkylation sites (tertiary alicyclic amines) is 1. The summed E-state index contributed by atoms with van der Waals surface area (Å²) < 4.78 is 39.8. The Hall–Kier alpha value is -2.18. The van der Waals surface area contributed by atoms with Crippen LogP contribution >= 0.6 is 0 Å². The predicted octanol–water partition coefficient (Wildman–Crippen LogP) is 4.01. The molecule has 1 saturated heterocycles. The van der Waals surface area contributed by atoms with Crippen molar-refractivity contribution >= 4 is 5.91 Å². The van der Waals surface area contributed by atoms with Gasteiger partial charge in [0.25, 0.3) is 5.91 Å². The zero-order valence-electron chi connectivity index (χ0n) is 13.5. The first-order chi connectivity index (χ1) is 11.9. The minimum Gasteiger partial charge on any atom is -0.337 e. The monoisotopic (exact) mass is 349 g/mol. The molecule has 2 fully saturated rings. The third-order valence-corrected chi connectivity index (χ3v) is 5.51. The summed E-state index contributed by atoms with van der Waals surface area (Å²) in [4.78, 5) is 14.1. The lowest BCUT2D eigenvalue weighted by molar-refractivity contribution is -0.138. The van der Waals surface area contributed by atoms with E-state index in [0.29, 0.717) is 43.7 Å². The molecule has 0 bridgehead atoms. The van der Waals surface area contributed by atoms with Crippen LogP contribution in [-0.2, 0) is 11.0 Å². The molecule has 3 aliphatic rings. The zero-order chi connectivity index (χ0) is 17.6. The Bertz CT molecular complexity index is 742. The molecule has 25 heavy (non-hydrogen) atoms. The van der Waals surface area contributed by atoms with Crippen LogP contribution in [0, 0.1) is 11.8 Å². The lowest BCUT2D eigenvalue weighted by atomic mass is 9.91. The molecule has 0 aromatic heterocycles. The molecule has 3 atom stereocenters. The quantitative estimate of drug-likeness (QED) is 0.796. The fourth-order valence-electron chi connectivity index (χ4n) is 4.41. The van der Waals surface area contributed by atoms with Crippen LogP contribution in [0.4, 0.5) is 13.2 Å². The van der Waals surface area contributed by atoms with Gasteiger partial charge < -0.3 is 4.90 Å². The molecule has 132 valence electrons. The molecule has 0 radical (unpaired) electrons. The van der Waals surface area contributed by atoms with Crippen molar-refractivity contribution in [3.05, 3.63) is 47.2 Å². The number of carbonyl (C=O) groups excluding carboxylic acids is 1. The summed E-state index contributed by atoms with van der Waals surface area (Å²) in [6, 6.07) is 5.87. The normalized spacial score (nSPS) is 28.4. The fraction of sp³-hybridized carbons (Fsp3) is 0.500. The molecule has 1 saturated carbocycles. The van der Waals surface area contributed by atoms with Gasteiger partial charge >= 0.3 is 6.18 Å². The van der Waals surface area contributed by atoms with E-state index in [0.717, 1.165) is 6.07 Å². The van der Waals surface area contributed by atoms with Crippen molar-refractivity contribution in [2.45, 2.75) is 24.9 Å². The Morgan fingerprint density at radius 3 is 2.40 bits per heavy atom. The lowest BCUT2D eigenvalue weighted by Gasteiger charge is -2.21. The van der Waals surface area contributed by atoms with Gasteiger partial charge in [-0.05, 0) is 48.3 Å². The fourth-order valence-corrected chi connectivity index (χ4v) is 4.41. The van der Waals surface area contributed by atoms with Crippen LogP contribution in [0.25, 0.3) is 0 Å². The van der Waals surface area contributed by atoms with Gasteiger partial charge in [0.05, 0.1) is 12.1 Å². The number of halogens is 3. The van der Waals surface area contributed by atoms with E-state index in [1.807, 2.05) is 0 Å². The Morgan fingerprint density at radius 1 is 1.12 bits per heavy atom. The van der Waals surface area contributed by atoms with E-state index in [4.69, 9.17) is 0 Å². The van der Waals surface area contributed by atoms with Crippen LogP contribution in [0.15, 0.2) is 46.3 Å². The number of benzene rings is 1. The predicted molar refractivity (Wildman–Crippen MR) is 84.8 cm³/mol. The Labute approximate surface area is 143 Å². The van der Waals surface area contributed by atoms with E-state index in [1.165, 1.54) is 6.07 Å². The maximum absolute atomic E-state index is 13.3. The minimum atomic E-state index is -4.32. The maximum atomic E-state index is 13.3. The number of azo groups is 1. The first kappa shape index (κ1) is 16.3. The molecular weight excluding hydrogens is 331 g/mol. The molecular formula is C18H18F3N3O. The first-order valence-corrected chi connectivity index (χ1v) is 8.46. The summed E-state index contributed by atoms with van der Waals surface area (Å²) >= 11 is 0. The van der Waals surface area contributed by atoms with E-state index in [2.05, 4.69) is 10.2 Å². The number of carbonyl (C=O) groups is 1. The van der Waals surface area contributed by atoms with Crippen LogP contribution in [0.5, 0.6) is 0 Å². The van der Waals surface area contributed by atoms with Gasteiger partial charge in [-0.25, -0.2) is 0 Å². The number of hydrogen-bond acceptors (Lipinski definition) is 3. The highest BCUT2D eigenvalue weighted by atomic mass is 19.4. The highest BCUT2D eigenvalue weighted by Crippen LogP contribution is 2.49. The van der Waals surface area contributed by atoms with Crippen LogP contribution in [-0.4, -0.2) is 30.4 Å². The largest absolute Gasteiger partial charge is 0.416 e. The van der Waals surface area contributed by atoms with Crippen molar-refractivity contribution in [1.29, 1.82) is 0 Å². The van der Waals surface area contributed by atoms with Gasteiger partial charge in [-0.15, -0.1) is 0 Å². The maximum Gasteiger partial charge on any atom is 0.416 e. The van der Waals surface area contributed by atoms with Crippen molar-refractivity contribution in [2.24, 2.45) is 22.1 Å². The summed E-state index contributed by atoms with van der Waals surface area (Å²) in [5.74, 6) is 0.321. The molecule has 0 spiro atoms. The average Bonchev–Trinajstić information content (AvgIpc) is 3.29. The number of fused-ring (bicyclic) bond motifs is 1. The lowest BCUT2D eigenvalue weighted by Crippen LogP contribution is -2.30. The number of nitrogens with zero attached hydrogens (tertiary/aromatic N) is 3. The summed E-state index contributed by atoms with van der Waals surface area (Å²) in [6.45, 7) is 1.64. The third-order valence-electron chi connectivity index (χ3n) is 5.51. The zero-order valence-corrected chi connectivity index (χ0v) is 13.5. The minimum absolute atomic E-state index is 0.0875. The molecule has 2 heterocycles. The first-order valence-electron chi connectivity index (χ1n) is 8.46. The Balaban J connectivity index is 1.47. The standard InChI is InChI=1S/C18H18F3N3O/c19-18(20,21)15-4-2-1-3-14(15)11-7-12-9-24(10-13(12)8-11)17(25)16-5-6-22-23-16/h1-5,11-13H,6-10H2/t11?,12-,13+. The van der Waals surface area contributed by atoms with E-state index < -0.39 is 11.7 Å². The topological polar surface area (TPSA) is 45.0 Å². The van der Waals surface area contributed by atoms with Crippen LogP contribution < -0.4 is 0 Å². The highest BCUT2D eigenvalue weighted by molar-refractivity contribution is 5.93. The third kappa shape index (κ3) is 2.96. The van der Waals surface area contributed by atoms with E-state index in [-0.39, 0.29) is 23.7 Å². The van der Waals surface area contributed by atoms with E-state index in [1.54, 1.807) is 23.1 Å². The van der Waals surface area contributed by atoms with Crippen molar-refractivity contribution in [2.75, 3.05) is 19.6 Å². The number of rotatable bonds is 2. The highest BCUT2D eigenvalue weighted by Gasteiger charge is 2.45. The molecule has 4 rings (SSSR count). The van der Waals surface area contributed by atoms with Gasteiger partial charge in [0, 0.05) is 13.1 Å². The number of amides is 1. The van der Waals surface area contributed by atoms with Gasteiger partial charge in [0.1, 0.15) is 5.70 Å². The van der Waals surface area contributed by atoms with Crippen molar-refractivity contribution in [1.82, 2.24) is 4.90 Å². The smallest absolute Gasteiger partial charge is 0.337 e. The van der Waals surface area contributed by atoms with Gasteiger partial charge in [0.2, 0.25) is 0 Å². The van der Waals surface area contributed by atoms with Gasteiger partial charge in [-0.3, -0.25) is 4.79 Å². The molecule has 0 N–H and O–H groups in total. The summed E-state index contributed by atoms with van der Waals surface area (Å²) in [6.07, 6.45) is -1.22. The second-order valence-corrected chi connectivity index (χ2v) is 7.00. The van der Waals surface area contributed by atoms with E-state index in [9.17, 15) is 18.0 Å². The second-order valence-electron chi connectivity index (χ2n) is 7.00. The second kappa shape index (κ2) is 5.97. The summed E-state index contributed by atoms with van der Waals surface area (Å²) in [5, 5.41) is 7.64. The van der Waals surface area contributed by atoms with Crippen molar-refractivity contribution in [3.8, 4) is 0 Å². The van der Waals surface area contributed by atoms with Crippen LogP contribution in [0.3, 0.4) is 0 Å². The van der Waals surface area contributed by atoms with E-state index >= 15 is 0 Å². The number of alkyl halides is 3. The molecule has 4 nitrogen and oxygen atoms in total. The molecule has 1 aromatic rings. The summed E-state index contributed by atoms with van der Waals surface area (Å²) in [5.41, 5.74) is 0.262. The van der Waals surface area contributed by atoms with Crippen molar-refractivity contribution < 1.29 is 18.0 Å². The van der Waals surface area contributed by atoms with Crippen molar-refractivity contribution in [3.63, 3.8) is 0 Å². The van der Waals surface area contributed by atoms with Gasteiger partial charge in [0.15, 0.2) is 0 Å². The number of hydrogen-bond donors (Lipinski definition) is 0. The van der Waals surface area contributed by atoms with Gasteiger partial charge in [-0.2, -0.15) is 23.4 Å². The molecule has 7 heteroatoms. The molecule has 1 aliphatic carbocycles. The Kier molecular flexibility index (Phi) is 3.89. The Morgan fingerprint density at radius 2 is 1.80 bits per heavy atom. The van der Waals surface area contributed by atoms with Crippen LogP contribution in [0.1, 0.15) is 29.9 Å². The average molecular weight is 349 g/mol. The SMILES string of the molecule is O=C(C1=CCN=N1)N1C[C@H]2CC(c3ccccc3C(F)(F)F)C[C@H]2C1. The molecule has 1 aromatic carbocycles. The molecule has 1 unspecified atom stereocenters. The molecule has 1 amide bonds. The van der Waals surface area contributed by atoms with Crippen LogP contribution in [0.2, 0.25) is 0 Å².